The second-order valence-electron chi connectivity index (χ2n) is 3.03. The van der Waals surface area contributed by atoms with Crippen LogP contribution in [0.15, 0.2) is 23.3 Å². The van der Waals surface area contributed by atoms with Gasteiger partial charge in [-0.25, -0.2) is 0 Å². The summed E-state index contributed by atoms with van der Waals surface area (Å²) in [5.41, 5.74) is 2.44. The summed E-state index contributed by atoms with van der Waals surface area (Å²) in [5, 5.41) is 0. The maximum atomic E-state index is 5.34. The first kappa shape index (κ1) is 7.55. The van der Waals surface area contributed by atoms with Crippen molar-refractivity contribution >= 4 is 0 Å². The first-order valence-electron chi connectivity index (χ1n) is 3.52. The zero-order valence-electron chi connectivity index (χ0n) is 7.06. The van der Waals surface area contributed by atoms with Crippen LogP contribution in [-0.2, 0) is 4.74 Å². The number of hydrogen-bond donors (Lipinski definition) is 0. The first-order valence-corrected chi connectivity index (χ1v) is 3.52. The van der Waals surface area contributed by atoms with Gasteiger partial charge in [0.15, 0.2) is 0 Å². The molecule has 0 N–H and O–H groups in total. The standard InChI is InChI=1S/C9H14O/c1-7-5-8(2)9(3,6-7)10-4/h5-6H,1-4H3. The van der Waals surface area contributed by atoms with E-state index in [1.54, 1.807) is 7.11 Å². The number of hydrogen-bond acceptors (Lipinski definition) is 1. The molecule has 0 spiro atoms. The lowest BCUT2D eigenvalue weighted by Crippen LogP contribution is -2.23. The fourth-order valence-electron chi connectivity index (χ4n) is 1.29. The molecule has 0 heterocycles. The Kier molecular flexibility index (Phi) is 1.69. The van der Waals surface area contributed by atoms with Gasteiger partial charge in [-0.05, 0) is 32.4 Å². The normalized spacial score (nSPS) is 32.0. The molecule has 0 saturated heterocycles. The molecular weight excluding hydrogens is 124 g/mol. The summed E-state index contributed by atoms with van der Waals surface area (Å²) < 4.78 is 5.34. The Morgan fingerprint density at radius 3 is 2.20 bits per heavy atom. The molecule has 1 nitrogen and oxygen atoms in total. The van der Waals surface area contributed by atoms with E-state index in [4.69, 9.17) is 4.74 Å². The molecule has 1 heteroatoms. The van der Waals surface area contributed by atoms with Crippen molar-refractivity contribution in [1.82, 2.24) is 0 Å². The highest BCUT2D eigenvalue weighted by atomic mass is 16.5. The highest BCUT2D eigenvalue weighted by Crippen LogP contribution is 2.30. The average Bonchev–Trinajstić information content (AvgIpc) is 2.09. The Bertz CT molecular complexity index is 201. The van der Waals surface area contributed by atoms with E-state index in [1.165, 1.54) is 11.1 Å². The maximum Gasteiger partial charge on any atom is 0.105 e. The third-order valence-corrected chi connectivity index (χ3v) is 2.15. The van der Waals surface area contributed by atoms with Crippen LogP contribution in [0.5, 0.6) is 0 Å². The molecule has 1 aliphatic carbocycles. The minimum Gasteiger partial charge on any atom is -0.370 e. The highest BCUT2D eigenvalue weighted by molar-refractivity contribution is 5.39. The molecule has 0 aromatic rings. The van der Waals surface area contributed by atoms with Crippen molar-refractivity contribution in [3.05, 3.63) is 23.3 Å². The Morgan fingerprint density at radius 2 is 2.00 bits per heavy atom. The van der Waals surface area contributed by atoms with Gasteiger partial charge in [0, 0.05) is 7.11 Å². The molecule has 0 bridgehead atoms. The first-order chi connectivity index (χ1) is 4.58. The number of allylic oxidation sites excluding steroid dienone is 2. The second kappa shape index (κ2) is 2.24. The van der Waals surface area contributed by atoms with Crippen LogP contribution >= 0.6 is 0 Å². The van der Waals surface area contributed by atoms with Gasteiger partial charge < -0.3 is 4.74 Å². The van der Waals surface area contributed by atoms with Crippen LogP contribution < -0.4 is 0 Å². The fraction of sp³-hybridized carbons (Fsp3) is 0.556. The van der Waals surface area contributed by atoms with Gasteiger partial charge in [-0.2, -0.15) is 0 Å². The van der Waals surface area contributed by atoms with E-state index in [0.717, 1.165) is 0 Å². The van der Waals surface area contributed by atoms with Gasteiger partial charge in [-0.1, -0.05) is 11.6 Å². The minimum atomic E-state index is -0.135. The number of rotatable bonds is 1. The lowest BCUT2D eigenvalue weighted by Gasteiger charge is -2.21. The van der Waals surface area contributed by atoms with E-state index in [1.807, 2.05) is 0 Å². The number of ether oxygens (including phenoxy) is 1. The molecule has 0 aliphatic heterocycles. The van der Waals surface area contributed by atoms with E-state index in [-0.39, 0.29) is 5.60 Å². The van der Waals surface area contributed by atoms with Crippen LogP contribution in [0.3, 0.4) is 0 Å². The quantitative estimate of drug-likeness (QED) is 0.540. The predicted molar refractivity (Wildman–Crippen MR) is 42.9 cm³/mol. The molecular formula is C9H14O. The lowest BCUT2D eigenvalue weighted by atomic mass is 10.0. The minimum absolute atomic E-state index is 0.135. The third-order valence-electron chi connectivity index (χ3n) is 2.15. The van der Waals surface area contributed by atoms with Gasteiger partial charge in [-0.15, -0.1) is 0 Å². The van der Waals surface area contributed by atoms with Gasteiger partial charge >= 0.3 is 0 Å². The topological polar surface area (TPSA) is 9.23 Å². The largest absolute Gasteiger partial charge is 0.370 e. The molecule has 0 saturated carbocycles. The molecule has 10 heavy (non-hydrogen) atoms. The zero-order valence-corrected chi connectivity index (χ0v) is 7.06. The summed E-state index contributed by atoms with van der Waals surface area (Å²) in [6.45, 7) is 6.26. The van der Waals surface area contributed by atoms with E-state index in [9.17, 15) is 0 Å². The highest BCUT2D eigenvalue weighted by Gasteiger charge is 2.26. The van der Waals surface area contributed by atoms with Crippen LogP contribution in [0.25, 0.3) is 0 Å². The fourth-order valence-corrected chi connectivity index (χ4v) is 1.29. The summed E-state index contributed by atoms with van der Waals surface area (Å²) >= 11 is 0. The summed E-state index contributed by atoms with van der Waals surface area (Å²) in [6, 6.07) is 0. The Balaban J connectivity index is 2.93. The van der Waals surface area contributed by atoms with Crippen molar-refractivity contribution in [2.75, 3.05) is 7.11 Å². The molecule has 0 fully saturated rings. The molecule has 1 aliphatic rings. The van der Waals surface area contributed by atoms with Gasteiger partial charge in [-0.3, -0.25) is 0 Å². The molecule has 0 aromatic carbocycles. The average molecular weight is 138 g/mol. The lowest BCUT2D eigenvalue weighted by molar-refractivity contribution is 0.0825. The van der Waals surface area contributed by atoms with Crippen LogP contribution in [0.1, 0.15) is 20.8 Å². The molecule has 1 unspecified atom stereocenters. The van der Waals surface area contributed by atoms with Crippen LogP contribution in [0, 0.1) is 0 Å². The van der Waals surface area contributed by atoms with Crippen molar-refractivity contribution in [3.63, 3.8) is 0 Å². The molecule has 0 radical (unpaired) electrons. The van der Waals surface area contributed by atoms with Crippen molar-refractivity contribution < 1.29 is 4.74 Å². The molecule has 56 valence electrons. The van der Waals surface area contributed by atoms with Crippen LogP contribution in [-0.4, -0.2) is 12.7 Å². The third kappa shape index (κ3) is 1.01. The Morgan fingerprint density at radius 1 is 1.40 bits per heavy atom. The Labute approximate surface area is 62.4 Å². The van der Waals surface area contributed by atoms with E-state index < -0.39 is 0 Å². The van der Waals surface area contributed by atoms with Gasteiger partial charge in [0.2, 0.25) is 0 Å². The van der Waals surface area contributed by atoms with Gasteiger partial charge in [0.05, 0.1) is 0 Å². The zero-order chi connectivity index (χ0) is 7.78. The monoisotopic (exact) mass is 138 g/mol. The molecule has 0 aromatic heterocycles. The van der Waals surface area contributed by atoms with Gasteiger partial charge in [0.1, 0.15) is 5.60 Å². The van der Waals surface area contributed by atoms with Gasteiger partial charge in [0.25, 0.3) is 0 Å². The second-order valence-corrected chi connectivity index (χ2v) is 3.03. The van der Waals surface area contributed by atoms with Crippen LogP contribution in [0.4, 0.5) is 0 Å². The van der Waals surface area contributed by atoms with Crippen LogP contribution in [0.2, 0.25) is 0 Å². The summed E-state index contributed by atoms with van der Waals surface area (Å²) in [6.07, 6.45) is 4.30. The SMILES string of the molecule is COC1(C)C=C(C)C=C1C. The Hall–Kier alpha value is -0.560. The molecule has 1 atom stereocenters. The van der Waals surface area contributed by atoms with Crippen molar-refractivity contribution in [2.24, 2.45) is 0 Å². The van der Waals surface area contributed by atoms with E-state index in [2.05, 4.69) is 32.9 Å². The van der Waals surface area contributed by atoms with E-state index >= 15 is 0 Å². The molecule has 0 amide bonds. The smallest absolute Gasteiger partial charge is 0.105 e. The number of methoxy groups -OCH3 is 1. The van der Waals surface area contributed by atoms with E-state index in [0.29, 0.717) is 0 Å². The maximum absolute atomic E-state index is 5.34. The van der Waals surface area contributed by atoms with Crippen molar-refractivity contribution in [2.45, 2.75) is 26.4 Å². The predicted octanol–water partition coefficient (Wildman–Crippen LogP) is 2.30. The van der Waals surface area contributed by atoms with Crippen molar-refractivity contribution in [3.8, 4) is 0 Å². The van der Waals surface area contributed by atoms with Crippen molar-refractivity contribution in [1.29, 1.82) is 0 Å². The molecule has 1 rings (SSSR count). The summed E-state index contributed by atoms with van der Waals surface area (Å²) in [4.78, 5) is 0. The summed E-state index contributed by atoms with van der Waals surface area (Å²) in [7, 11) is 1.74. The summed E-state index contributed by atoms with van der Waals surface area (Å²) in [5.74, 6) is 0.